The molecule has 0 aromatic heterocycles. The normalized spacial score (nSPS) is 11.2. The van der Waals surface area contributed by atoms with E-state index in [9.17, 15) is 13.2 Å². The second kappa shape index (κ2) is 9.79. The Morgan fingerprint density at radius 2 is 1.48 bits per heavy atom. The molecular formula is C25H28N2O3S. The maximum absolute atomic E-state index is 13.4. The molecule has 0 atom stereocenters. The second-order valence-electron chi connectivity index (χ2n) is 7.37. The summed E-state index contributed by atoms with van der Waals surface area (Å²) in [6.45, 7) is 5.64. The van der Waals surface area contributed by atoms with Crippen LogP contribution in [0, 0.1) is 6.92 Å². The number of carbonyl (C=O) groups excluding carboxylic acids is 1. The lowest BCUT2D eigenvalue weighted by Crippen LogP contribution is -2.38. The average molecular weight is 437 g/mol. The smallest absolute Gasteiger partial charge is 0.264 e. The molecule has 1 N–H and O–H groups in total. The van der Waals surface area contributed by atoms with Crippen LogP contribution in [-0.4, -0.2) is 20.9 Å². The minimum Gasteiger partial charge on any atom is -0.324 e. The Hall–Kier alpha value is -3.12. The number of rotatable bonds is 8. The highest BCUT2D eigenvalue weighted by Crippen LogP contribution is 2.26. The third-order valence-electron chi connectivity index (χ3n) is 5.17. The predicted octanol–water partition coefficient (Wildman–Crippen LogP) is 4.95. The highest BCUT2D eigenvalue weighted by molar-refractivity contribution is 7.92. The van der Waals surface area contributed by atoms with Gasteiger partial charge in [0.1, 0.15) is 6.54 Å². The Morgan fingerprint density at radius 3 is 2.06 bits per heavy atom. The molecule has 0 aliphatic heterocycles. The van der Waals surface area contributed by atoms with Crippen molar-refractivity contribution in [3.8, 4) is 0 Å². The Labute approximate surface area is 184 Å². The van der Waals surface area contributed by atoms with E-state index in [1.165, 1.54) is 16.4 Å². The van der Waals surface area contributed by atoms with Crippen LogP contribution >= 0.6 is 0 Å². The van der Waals surface area contributed by atoms with Crippen molar-refractivity contribution in [2.45, 2.75) is 38.5 Å². The largest absolute Gasteiger partial charge is 0.324 e. The number of amides is 1. The summed E-state index contributed by atoms with van der Waals surface area (Å²) in [4.78, 5) is 13.2. The zero-order chi connectivity index (χ0) is 22.4. The lowest BCUT2D eigenvalue weighted by atomic mass is 10.0. The van der Waals surface area contributed by atoms with Crippen molar-refractivity contribution in [2.24, 2.45) is 0 Å². The first kappa shape index (κ1) is 22.6. The second-order valence-corrected chi connectivity index (χ2v) is 9.23. The molecule has 3 aromatic carbocycles. The molecule has 0 aliphatic carbocycles. The van der Waals surface area contributed by atoms with Gasteiger partial charge in [0, 0.05) is 5.69 Å². The minimum atomic E-state index is -3.92. The molecular weight excluding hydrogens is 408 g/mol. The summed E-state index contributed by atoms with van der Waals surface area (Å²) in [5.74, 6) is -0.378. The van der Waals surface area contributed by atoms with Gasteiger partial charge in [0.05, 0.1) is 10.6 Å². The van der Waals surface area contributed by atoms with Crippen LogP contribution in [0.5, 0.6) is 0 Å². The third-order valence-corrected chi connectivity index (χ3v) is 6.96. The van der Waals surface area contributed by atoms with Crippen LogP contribution in [0.2, 0.25) is 0 Å². The van der Waals surface area contributed by atoms with Crippen LogP contribution in [0.25, 0.3) is 0 Å². The Morgan fingerprint density at radius 1 is 0.871 bits per heavy atom. The molecule has 0 spiro atoms. The molecule has 0 heterocycles. The maximum Gasteiger partial charge on any atom is 0.264 e. The van der Waals surface area contributed by atoms with Crippen molar-refractivity contribution in [1.82, 2.24) is 0 Å². The van der Waals surface area contributed by atoms with Gasteiger partial charge in [0.25, 0.3) is 10.0 Å². The molecule has 0 fully saturated rings. The standard InChI is InChI=1S/C25H28N2O3S/c1-4-20-12-10-13-21(5-2)25(20)26-24(28)18-27(22-14-9-11-19(3)17-22)31(29,30)23-15-7-6-8-16-23/h6-17H,4-5,18H2,1-3H3,(H,26,28). The van der Waals surface area contributed by atoms with E-state index in [0.29, 0.717) is 5.69 Å². The van der Waals surface area contributed by atoms with Crippen LogP contribution in [0.15, 0.2) is 77.7 Å². The SMILES string of the molecule is CCc1cccc(CC)c1NC(=O)CN(c1cccc(C)c1)S(=O)(=O)c1ccccc1. The zero-order valence-electron chi connectivity index (χ0n) is 18.1. The highest BCUT2D eigenvalue weighted by Gasteiger charge is 2.27. The van der Waals surface area contributed by atoms with Gasteiger partial charge in [-0.15, -0.1) is 0 Å². The molecule has 1 amide bonds. The molecule has 6 heteroatoms. The van der Waals surface area contributed by atoms with Gasteiger partial charge in [-0.2, -0.15) is 0 Å². The molecule has 31 heavy (non-hydrogen) atoms. The molecule has 3 aromatic rings. The number of sulfonamides is 1. The molecule has 0 radical (unpaired) electrons. The van der Waals surface area contributed by atoms with Gasteiger partial charge in [-0.05, 0) is 60.7 Å². The van der Waals surface area contributed by atoms with E-state index in [2.05, 4.69) is 5.32 Å². The summed E-state index contributed by atoms with van der Waals surface area (Å²) in [7, 11) is -3.92. The molecule has 0 bridgehead atoms. The van der Waals surface area contributed by atoms with Crippen molar-refractivity contribution in [3.63, 3.8) is 0 Å². The topological polar surface area (TPSA) is 66.5 Å². The molecule has 0 saturated carbocycles. The van der Waals surface area contributed by atoms with E-state index < -0.39 is 10.0 Å². The first-order valence-corrected chi connectivity index (χ1v) is 11.9. The van der Waals surface area contributed by atoms with Crippen molar-refractivity contribution < 1.29 is 13.2 Å². The Balaban J connectivity index is 1.98. The number of hydrogen-bond donors (Lipinski definition) is 1. The van der Waals surface area contributed by atoms with Crippen LogP contribution < -0.4 is 9.62 Å². The van der Waals surface area contributed by atoms with E-state index in [1.54, 1.807) is 36.4 Å². The van der Waals surface area contributed by atoms with E-state index in [-0.39, 0.29) is 17.3 Å². The molecule has 5 nitrogen and oxygen atoms in total. The Kier molecular flexibility index (Phi) is 7.13. The lowest BCUT2D eigenvalue weighted by Gasteiger charge is -2.25. The number of hydrogen-bond acceptors (Lipinski definition) is 3. The number of para-hydroxylation sites is 1. The van der Waals surface area contributed by atoms with Crippen LogP contribution in [0.1, 0.15) is 30.5 Å². The van der Waals surface area contributed by atoms with E-state index in [4.69, 9.17) is 0 Å². The fourth-order valence-electron chi connectivity index (χ4n) is 3.53. The van der Waals surface area contributed by atoms with E-state index >= 15 is 0 Å². The quantitative estimate of drug-likeness (QED) is 0.543. The molecule has 0 aliphatic rings. The number of anilines is 2. The maximum atomic E-state index is 13.4. The fraction of sp³-hybridized carbons (Fsp3) is 0.240. The summed E-state index contributed by atoms with van der Waals surface area (Å²) in [5.41, 5.74) is 4.20. The van der Waals surface area contributed by atoms with Crippen molar-refractivity contribution in [3.05, 3.63) is 89.5 Å². The van der Waals surface area contributed by atoms with E-state index in [1.807, 2.05) is 45.0 Å². The molecule has 0 saturated heterocycles. The van der Waals surface area contributed by atoms with Crippen LogP contribution in [0.4, 0.5) is 11.4 Å². The average Bonchev–Trinajstić information content (AvgIpc) is 2.78. The number of nitrogens with one attached hydrogen (secondary N) is 1. The van der Waals surface area contributed by atoms with Gasteiger partial charge in [0.15, 0.2) is 0 Å². The number of carbonyl (C=O) groups is 1. The monoisotopic (exact) mass is 436 g/mol. The summed E-state index contributed by atoms with van der Waals surface area (Å²) < 4.78 is 28.0. The van der Waals surface area contributed by atoms with Crippen LogP contribution in [-0.2, 0) is 27.7 Å². The summed E-state index contributed by atoms with van der Waals surface area (Å²) in [5, 5.41) is 2.97. The van der Waals surface area contributed by atoms with Crippen molar-refractivity contribution >= 4 is 27.3 Å². The van der Waals surface area contributed by atoms with Gasteiger partial charge in [-0.3, -0.25) is 9.10 Å². The molecule has 162 valence electrons. The van der Waals surface area contributed by atoms with Crippen molar-refractivity contribution in [2.75, 3.05) is 16.2 Å². The molecule has 3 rings (SSSR count). The lowest BCUT2D eigenvalue weighted by molar-refractivity contribution is -0.114. The number of aryl methyl sites for hydroxylation is 3. The minimum absolute atomic E-state index is 0.146. The highest BCUT2D eigenvalue weighted by atomic mass is 32.2. The number of nitrogens with zero attached hydrogens (tertiary/aromatic N) is 1. The van der Waals surface area contributed by atoms with Gasteiger partial charge in [-0.25, -0.2) is 8.42 Å². The van der Waals surface area contributed by atoms with Crippen molar-refractivity contribution in [1.29, 1.82) is 0 Å². The molecule has 0 unspecified atom stereocenters. The van der Waals surface area contributed by atoms with Crippen LogP contribution in [0.3, 0.4) is 0 Å². The predicted molar refractivity (Wildman–Crippen MR) is 126 cm³/mol. The van der Waals surface area contributed by atoms with Gasteiger partial charge in [0.2, 0.25) is 5.91 Å². The summed E-state index contributed by atoms with van der Waals surface area (Å²) in [6.07, 6.45) is 1.54. The first-order valence-electron chi connectivity index (χ1n) is 10.4. The Bertz CT molecular complexity index is 1140. The van der Waals surface area contributed by atoms with Gasteiger partial charge < -0.3 is 5.32 Å². The summed E-state index contributed by atoms with van der Waals surface area (Å²) >= 11 is 0. The zero-order valence-corrected chi connectivity index (χ0v) is 18.9. The summed E-state index contributed by atoms with van der Waals surface area (Å²) in [6, 6.07) is 21.3. The fourth-order valence-corrected chi connectivity index (χ4v) is 4.96. The third kappa shape index (κ3) is 5.14. The van der Waals surface area contributed by atoms with Gasteiger partial charge >= 0.3 is 0 Å². The van der Waals surface area contributed by atoms with Gasteiger partial charge in [-0.1, -0.05) is 62.4 Å². The first-order chi connectivity index (χ1) is 14.9. The van der Waals surface area contributed by atoms with E-state index in [0.717, 1.165) is 35.2 Å². The number of benzene rings is 3.